The van der Waals surface area contributed by atoms with E-state index in [4.69, 9.17) is 0 Å². The van der Waals surface area contributed by atoms with Crippen LogP contribution < -0.4 is 0 Å². The van der Waals surface area contributed by atoms with Crippen molar-refractivity contribution in [2.24, 2.45) is 0 Å². The van der Waals surface area contributed by atoms with E-state index in [2.05, 4.69) is 9.97 Å². The Bertz CT molecular complexity index is 811. The second-order valence-electron chi connectivity index (χ2n) is 4.58. The van der Waals surface area contributed by atoms with E-state index in [1.54, 1.807) is 18.2 Å². The van der Waals surface area contributed by atoms with Gasteiger partial charge in [-0.25, -0.2) is 4.98 Å². The molecule has 22 heavy (non-hydrogen) atoms. The highest BCUT2D eigenvalue weighted by molar-refractivity contribution is 5.96. The number of para-hydroxylation sites is 1. The molecule has 2 aromatic carbocycles. The highest BCUT2D eigenvalue weighted by atomic mass is 35.5. The monoisotopic (exact) mass is 336 g/mol. The lowest BCUT2D eigenvalue weighted by Gasteiger charge is -1.98. The number of benzene rings is 2. The van der Waals surface area contributed by atoms with Gasteiger partial charge in [-0.15, -0.1) is 24.8 Å². The van der Waals surface area contributed by atoms with Crippen LogP contribution in [0.2, 0.25) is 0 Å². The molecule has 114 valence electrons. The van der Waals surface area contributed by atoms with Crippen molar-refractivity contribution >= 4 is 47.9 Å². The molecule has 0 aliphatic heterocycles. The maximum absolute atomic E-state index is 11.3. The first-order valence-electron chi connectivity index (χ1n) is 6.24. The highest BCUT2D eigenvalue weighted by Crippen LogP contribution is 2.22. The van der Waals surface area contributed by atoms with Gasteiger partial charge in [-0.3, -0.25) is 9.59 Å². The average Bonchev–Trinajstić information content (AvgIpc) is 2.91. The number of rotatable bonds is 3. The Morgan fingerprint density at radius 2 is 1.77 bits per heavy atom. The van der Waals surface area contributed by atoms with Crippen molar-refractivity contribution in [1.82, 2.24) is 9.97 Å². The van der Waals surface area contributed by atoms with Crippen molar-refractivity contribution in [3.8, 4) is 11.4 Å². The van der Waals surface area contributed by atoms with E-state index in [0.717, 1.165) is 17.4 Å². The maximum atomic E-state index is 11.3. The molecule has 0 bridgehead atoms. The molecule has 1 aromatic heterocycles. The zero-order valence-electron chi connectivity index (χ0n) is 11.7. The molecular formula is C16H14Cl2N2O2. The summed E-state index contributed by atoms with van der Waals surface area (Å²) in [6, 6.07) is 12.6. The molecule has 6 heteroatoms. The summed E-state index contributed by atoms with van der Waals surface area (Å²) in [6.07, 6.45) is 0.797. The van der Waals surface area contributed by atoms with Crippen molar-refractivity contribution in [2.75, 3.05) is 0 Å². The fraction of sp³-hybridized carbons (Fsp3) is 0.0625. The molecule has 1 heterocycles. The number of imidazole rings is 1. The Kier molecular flexibility index (Phi) is 5.85. The Morgan fingerprint density at radius 3 is 2.36 bits per heavy atom. The third-order valence-electron chi connectivity index (χ3n) is 3.24. The first-order chi connectivity index (χ1) is 9.69. The zero-order chi connectivity index (χ0) is 14.1. The highest BCUT2D eigenvalue weighted by Gasteiger charge is 2.08. The third kappa shape index (κ3) is 3.18. The summed E-state index contributed by atoms with van der Waals surface area (Å²) in [5, 5.41) is 0. The molecule has 1 N–H and O–H groups in total. The molecule has 3 rings (SSSR count). The number of nitrogens with zero attached hydrogens (tertiary/aromatic N) is 1. The number of fused-ring (bicyclic) bond motifs is 1. The summed E-state index contributed by atoms with van der Waals surface area (Å²) < 4.78 is 0. The molecule has 0 unspecified atom stereocenters. The van der Waals surface area contributed by atoms with Gasteiger partial charge in [-0.05, 0) is 19.1 Å². The molecule has 0 radical (unpaired) electrons. The summed E-state index contributed by atoms with van der Waals surface area (Å²) >= 11 is 0. The molecule has 4 nitrogen and oxygen atoms in total. The number of aromatic amines is 1. The Morgan fingerprint density at radius 1 is 1.09 bits per heavy atom. The zero-order valence-corrected chi connectivity index (χ0v) is 13.3. The Hall–Kier alpha value is -2.17. The van der Waals surface area contributed by atoms with E-state index in [9.17, 15) is 9.59 Å². The molecule has 0 amide bonds. The van der Waals surface area contributed by atoms with E-state index in [0.29, 0.717) is 22.5 Å². The van der Waals surface area contributed by atoms with Gasteiger partial charge in [0.15, 0.2) is 12.1 Å². The molecule has 3 aromatic rings. The molecule has 0 fully saturated rings. The first kappa shape index (κ1) is 17.9. The lowest BCUT2D eigenvalue weighted by atomic mass is 10.1. The number of halogens is 2. The third-order valence-corrected chi connectivity index (χ3v) is 3.24. The number of carbonyl (C=O) groups is 2. The lowest BCUT2D eigenvalue weighted by molar-refractivity contribution is 0.101. The number of hydrogen-bond acceptors (Lipinski definition) is 3. The molecule has 0 atom stereocenters. The van der Waals surface area contributed by atoms with Crippen LogP contribution in [0.5, 0.6) is 0 Å². The van der Waals surface area contributed by atoms with Gasteiger partial charge in [0, 0.05) is 16.7 Å². The maximum Gasteiger partial charge on any atom is 0.159 e. The number of ketones is 1. The van der Waals surface area contributed by atoms with Crippen LogP contribution in [0.3, 0.4) is 0 Å². The average molecular weight is 337 g/mol. The quantitative estimate of drug-likeness (QED) is 0.578. The Labute approximate surface area is 139 Å². The summed E-state index contributed by atoms with van der Waals surface area (Å²) in [4.78, 5) is 29.9. The SMILES string of the molecule is CC(=O)c1ccc(-c2nc3c(C=O)cccc3[nH]2)cc1.Cl.Cl. The van der Waals surface area contributed by atoms with E-state index < -0.39 is 0 Å². The predicted molar refractivity (Wildman–Crippen MR) is 91.4 cm³/mol. The number of H-pyrrole nitrogens is 1. The van der Waals surface area contributed by atoms with Gasteiger partial charge in [0.1, 0.15) is 5.82 Å². The van der Waals surface area contributed by atoms with E-state index >= 15 is 0 Å². The topological polar surface area (TPSA) is 62.8 Å². The van der Waals surface area contributed by atoms with Crippen LogP contribution in [0.15, 0.2) is 42.5 Å². The normalized spacial score (nSPS) is 9.68. The van der Waals surface area contributed by atoms with Gasteiger partial charge < -0.3 is 4.98 Å². The van der Waals surface area contributed by atoms with Crippen LogP contribution in [-0.2, 0) is 0 Å². The Balaban J connectivity index is 0.00000121. The summed E-state index contributed by atoms with van der Waals surface area (Å²) in [5.41, 5.74) is 3.58. The standard InChI is InChI=1S/C16H12N2O2.2ClH/c1-10(20)11-5-7-12(8-6-11)16-17-14-4-2-3-13(9-19)15(14)18-16;;/h2-9H,1H3,(H,17,18);2*1H. The fourth-order valence-electron chi connectivity index (χ4n) is 2.15. The molecule has 0 aliphatic carbocycles. The van der Waals surface area contributed by atoms with E-state index in [-0.39, 0.29) is 30.6 Å². The fourth-order valence-corrected chi connectivity index (χ4v) is 2.15. The molecule has 0 saturated heterocycles. The van der Waals surface area contributed by atoms with Crippen LogP contribution in [0, 0.1) is 0 Å². The number of aromatic nitrogens is 2. The van der Waals surface area contributed by atoms with Crippen LogP contribution in [0.1, 0.15) is 27.6 Å². The second kappa shape index (κ2) is 7.20. The minimum absolute atomic E-state index is 0. The van der Waals surface area contributed by atoms with Gasteiger partial charge >= 0.3 is 0 Å². The number of carbonyl (C=O) groups excluding carboxylic acids is 2. The van der Waals surface area contributed by atoms with Crippen LogP contribution >= 0.6 is 24.8 Å². The van der Waals surface area contributed by atoms with Crippen molar-refractivity contribution < 1.29 is 9.59 Å². The molecular weight excluding hydrogens is 323 g/mol. The van der Waals surface area contributed by atoms with Crippen molar-refractivity contribution in [3.05, 3.63) is 53.6 Å². The second-order valence-corrected chi connectivity index (χ2v) is 4.58. The first-order valence-corrected chi connectivity index (χ1v) is 6.24. The minimum atomic E-state index is 0. The van der Waals surface area contributed by atoms with Crippen LogP contribution in [0.4, 0.5) is 0 Å². The number of aldehydes is 1. The molecule has 0 saturated carbocycles. The summed E-state index contributed by atoms with van der Waals surface area (Å²) in [6.45, 7) is 1.53. The predicted octanol–water partition coefficient (Wildman–Crippen LogP) is 4.09. The largest absolute Gasteiger partial charge is 0.338 e. The van der Waals surface area contributed by atoms with Crippen molar-refractivity contribution in [3.63, 3.8) is 0 Å². The van der Waals surface area contributed by atoms with Crippen LogP contribution in [-0.4, -0.2) is 22.0 Å². The minimum Gasteiger partial charge on any atom is -0.338 e. The summed E-state index contributed by atoms with van der Waals surface area (Å²) in [7, 11) is 0. The van der Waals surface area contributed by atoms with Crippen molar-refractivity contribution in [2.45, 2.75) is 6.92 Å². The van der Waals surface area contributed by atoms with Gasteiger partial charge in [-0.1, -0.05) is 30.3 Å². The molecule has 0 spiro atoms. The van der Waals surface area contributed by atoms with Gasteiger partial charge in [0.25, 0.3) is 0 Å². The van der Waals surface area contributed by atoms with Crippen LogP contribution in [0.25, 0.3) is 22.4 Å². The van der Waals surface area contributed by atoms with E-state index in [1.165, 1.54) is 6.92 Å². The van der Waals surface area contributed by atoms with Crippen molar-refractivity contribution in [1.29, 1.82) is 0 Å². The smallest absolute Gasteiger partial charge is 0.159 e. The number of nitrogens with one attached hydrogen (secondary N) is 1. The molecule has 0 aliphatic rings. The lowest BCUT2D eigenvalue weighted by Crippen LogP contribution is -1.91. The van der Waals surface area contributed by atoms with E-state index in [1.807, 2.05) is 24.3 Å². The number of Topliss-reactive ketones (excluding diaryl/α,β-unsaturated/α-hetero) is 1. The van der Waals surface area contributed by atoms with Gasteiger partial charge in [0.2, 0.25) is 0 Å². The summed E-state index contributed by atoms with van der Waals surface area (Å²) in [5.74, 6) is 0.716. The number of hydrogen-bond donors (Lipinski definition) is 1. The van der Waals surface area contributed by atoms with Gasteiger partial charge in [0.05, 0.1) is 11.0 Å². The van der Waals surface area contributed by atoms with Gasteiger partial charge in [-0.2, -0.15) is 0 Å².